The van der Waals surface area contributed by atoms with E-state index < -0.39 is 10.4 Å². The molecule has 24 heavy (non-hydrogen) atoms. The van der Waals surface area contributed by atoms with Gasteiger partial charge in [0.15, 0.2) is 0 Å². The summed E-state index contributed by atoms with van der Waals surface area (Å²) in [6, 6.07) is 0. The Labute approximate surface area is 171 Å². The summed E-state index contributed by atoms with van der Waals surface area (Å²) in [5.41, 5.74) is 0. The van der Waals surface area contributed by atoms with Gasteiger partial charge in [0.2, 0.25) is 10.4 Å². The van der Waals surface area contributed by atoms with Crippen molar-refractivity contribution in [2.45, 2.75) is 90.4 Å². The van der Waals surface area contributed by atoms with Gasteiger partial charge < -0.3 is 9.29 Å². The second-order valence-corrected chi connectivity index (χ2v) is 7.14. The molecule has 1 heterocycles. The number of rotatable bonds is 4. The Balaban J connectivity index is 0. The van der Waals surface area contributed by atoms with Crippen LogP contribution in [0, 0.1) is 0 Å². The molecule has 0 bridgehead atoms. The van der Waals surface area contributed by atoms with Crippen LogP contribution >= 0.6 is 0 Å². The number of hydrogen-bond acceptors (Lipinski definition) is 5. The molecule has 0 atom stereocenters. The minimum absolute atomic E-state index is 0. The molecular formula is C17H35NaO5S. The summed E-state index contributed by atoms with van der Waals surface area (Å²) in [7, 11) is -4.45. The van der Waals surface area contributed by atoms with Gasteiger partial charge in [0, 0.05) is 13.2 Å². The molecule has 0 aromatic rings. The average Bonchev–Trinajstić information content (AvgIpc) is 2.49. The molecule has 0 radical (unpaired) electrons. The minimum atomic E-state index is -4.45. The quantitative estimate of drug-likeness (QED) is 0.323. The molecule has 1 rings (SSSR count). The Hall–Kier alpha value is 0.830. The van der Waals surface area contributed by atoms with E-state index in [0.29, 0.717) is 6.42 Å². The summed E-state index contributed by atoms with van der Waals surface area (Å²) in [5.74, 6) is 0. The molecule has 1 fully saturated rings. The Morgan fingerprint density at radius 1 is 0.833 bits per heavy atom. The van der Waals surface area contributed by atoms with Crippen LogP contribution in [0.5, 0.6) is 0 Å². The van der Waals surface area contributed by atoms with Gasteiger partial charge in [-0.3, -0.25) is 4.18 Å². The molecule has 1 saturated heterocycles. The fraction of sp³-hybridized carbons (Fsp3) is 1.00. The van der Waals surface area contributed by atoms with Gasteiger partial charge in [0.05, 0.1) is 6.61 Å². The van der Waals surface area contributed by atoms with Crippen molar-refractivity contribution in [2.24, 2.45) is 0 Å². The molecule has 0 saturated carbocycles. The van der Waals surface area contributed by atoms with Crippen LogP contribution < -0.4 is 29.6 Å². The van der Waals surface area contributed by atoms with Crippen molar-refractivity contribution in [1.29, 1.82) is 0 Å². The molecule has 1 aliphatic heterocycles. The van der Waals surface area contributed by atoms with Gasteiger partial charge >= 0.3 is 29.6 Å². The third-order valence-electron chi connectivity index (χ3n) is 3.80. The number of ether oxygens (including phenoxy) is 1. The summed E-state index contributed by atoms with van der Waals surface area (Å²) < 4.78 is 38.6. The Bertz CT molecular complexity index is 283. The Morgan fingerprint density at radius 2 is 1.21 bits per heavy atom. The van der Waals surface area contributed by atoms with Crippen molar-refractivity contribution in [3.63, 3.8) is 0 Å². The van der Waals surface area contributed by atoms with E-state index >= 15 is 0 Å². The first kappa shape index (κ1) is 27.1. The zero-order valence-corrected chi connectivity index (χ0v) is 18.6. The third kappa shape index (κ3) is 25.1. The van der Waals surface area contributed by atoms with E-state index in [4.69, 9.17) is 4.74 Å². The van der Waals surface area contributed by atoms with Gasteiger partial charge in [-0.1, -0.05) is 71.1 Å². The van der Waals surface area contributed by atoms with Crippen molar-refractivity contribution >= 4 is 10.4 Å². The zero-order chi connectivity index (χ0) is 17.2. The van der Waals surface area contributed by atoms with E-state index in [1.807, 2.05) is 6.92 Å². The van der Waals surface area contributed by atoms with E-state index in [1.165, 1.54) is 70.6 Å². The largest absolute Gasteiger partial charge is 1.00 e. The molecular weight excluding hydrogens is 339 g/mol. The normalized spacial score (nSPS) is 18.4. The molecule has 0 amide bonds. The van der Waals surface area contributed by atoms with E-state index in [0.717, 1.165) is 19.6 Å². The van der Waals surface area contributed by atoms with Crippen molar-refractivity contribution in [2.75, 3.05) is 19.8 Å². The summed E-state index contributed by atoms with van der Waals surface area (Å²) in [6.45, 7) is 3.88. The second-order valence-electron chi connectivity index (χ2n) is 6.09. The number of unbranched alkanes of at least 4 members (excludes halogenated alkanes) is 1. The standard InChI is InChI=1S/C13H26O.C4H10O4S.Na/c1-2-4-6-8-10-12-14-13-11-9-7-5-3-1;1-2-3-4-8-9(5,6)7;/h1-13H2;2-4H2,1H3,(H,5,6,7);/q;;+1/p-1. The fourth-order valence-corrected chi connectivity index (χ4v) is 2.73. The predicted molar refractivity (Wildman–Crippen MR) is 92.2 cm³/mol. The third-order valence-corrected chi connectivity index (χ3v) is 4.26. The van der Waals surface area contributed by atoms with Gasteiger partial charge in [-0.25, -0.2) is 8.42 Å². The van der Waals surface area contributed by atoms with E-state index in [2.05, 4.69) is 4.18 Å². The van der Waals surface area contributed by atoms with Gasteiger partial charge in [-0.2, -0.15) is 0 Å². The maximum Gasteiger partial charge on any atom is 1.00 e. The van der Waals surface area contributed by atoms with E-state index in [9.17, 15) is 13.0 Å². The zero-order valence-electron chi connectivity index (χ0n) is 15.8. The summed E-state index contributed by atoms with van der Waals surface area (Å²) >= 11 is 0. The summed E-state index contributed by atoms with van der Waals surface area (Å²) in [5, 5.41) is 0. The van der Waals surface area contributed by atoms with Crippen LogP contribution in [0.1, 0.15) is 90.4 Å². The van der Waals surface area contributed by atoms with Gasteiger partial charge in [-0.15, -0.1) is 0 Å². The Morgan fingerprint density at radius 3 is 1.54 bits per heavy atom. The van der Waals surface area contributed by atoms with Crippen molar-refractivity contribution < 1.29 is 51.4 Å². The first-order valence-corrected chi connectivity index (χ1v) is 10.6. The maximum absolute atomic E-state index is 9.73. The first-order chi connectivity index (χ1) is 11.1. The van der Waals surface area contributed by atoms with Gasteiger partial charge in [0.1, 0.15) is 0 Å². The minimum Gasteiger partial charge on any atom is -0.726 e. The van der Waals surface area contributed by atoms with Gasteiger partial charge in [0.25, 0.3) is 0 Å². The monoisotopic (exact) mass is 374 g/mol. The molecule has 0 aliphatic carbocycles. The molecule has 1 aliphatic rings. The van der Waals surface area contributed by atoms with Crippen LogP contribution in [-0.4, -0.2) is 32.8 Å². The number of hydrogen-bond donors (Lipinski definition) is 0. The molecule has 0 unspecified atom stereocenters. The van der Waals surface area contributed by atoms with E-state index in [1.54, 1.807) is 0 Å². The molecule has 0 N–H and O–H groups in total. The predicted octanol–water partition coefficient (Wildman–Crippen LogP) is 1.58. The van der Waals surface area contributed by atoms with Crippen LogP contribution in [0.15, 0.2) is 0 Å². The molecule has 7 heteroatoms. The van der Waals surface area contributed by atoms with Crippen LogP contribution in [0.2, 0.25) is 0 Å². The van der Waals surface area contributed by atoms with Crippen molar-refractivity contribution in [3.05, 3.63) is 0 Å². The molecule has 140 valence electrons. The van der Waals surface area contributed by atoms with Crippen LogP contribution in [-0.2, 0) is 19.3 Å². The smallest absolute Gasteiger partial charge is 0.726 e. The maximum atomic E-state index is 9.73. The summed E-state index contributed by atoms with van der Waals surface area (Å²) in [6.07, 6.45) is 16.8. The SMILES string of the molecule is C1CCCCCCOCCCCCC1.CCCCOS(=O)(=O)[O-].[Na+]. The molecule has 0 aromatic carbocycles. The average molecular weight is 375 g/mol. The second kappa shape index (κ2) is 20.1. The molecule has 0 aromatic heterocycles. The summed E-state index contributed by atoms with van der Waals surface area (Å²) in [4.78, 5) is 0. The van der Waals surface area contributed by atoms with Crippen molar-refractivity contribution in [3.8, 4) is 0 Å². The first-order valence-electron chi connectivity index (χ1n) is 9.24. The van der Waals surface area contributed by atoms with Crippen LogP contribution in [0.25, 0.3) is 0 Å². The molecule has 5 nitrogen and oxygen atoms in total. The molecule has 0 spiro atoms. The fourth-order valence-electron chi connectivity index (χ4n) is 2.41. The Kier molecular flexibility index (Phi) is 22.7. The van der Waals surface area contributed by atoms with Crippen LogP contribution in [0.4, 0.5) is 0 Å². The topological polar surface area (TPSA) is 75.7 Å². The van der Waals surface area contributed by atoms with Gasteiger partial charge in [-0.05, 0) is 19.3 Å². The van der Waals surface area contributed by atoms with Crippen molar-refractivity contribution in [1.82, 2.24) is 0 Å². The van der Waals surface area contributed by atoms with E-state index in [-0.39, 0.29) is 36.2 Å². The van der Waals surface area contributed by atoms with Crippen LogP contribution in [0.3, 0.4) is 0 Å².